The maximum absolute atomic E-state index is 13.9. The molecule has 1 amide bonds. The first-order chi connectivity index (χ1) is 13.1. The summed E-state index contributed by atoms with van der Waals surface area (Å²) in [6.07, 6.45) is 3.45. The smallest absolute Gasteiger partial charge is 0.256 e. The molecule has 3 aromatic rings. The van der Waals surface area contributed by atoms with E-state index in [2.05, 4.69) is 9.97 Å². The Bertz CT molecular complexity index is 952. The number of aromatic nitrogens is 2. The lowest BCUT2D eigenvalue weighted by atomic mass is 9.96. The zero-order valence-electron chi connectivity index (χ0n) is 14.7. The monoisotopic (exact) mass is 367 g/mol. The quantitative estimate of drug-likeness (QED) is 0.747. The number of amides is 1. The number of piperidine rings is 1. The second-order valence-electron chi connectivity index (χ2n) is 6.76. The summed E-state index contributed by atoms with van der Waals surface area (Å²) in [5.41, 5.74) is 1.76. The van der Waals surface area contributed by atoms with Gasteiger partial charge in [0.1, 0.15) is 17.5 Å². The molecule has 4 nitrogen and oxygen atoms in total. The van der Waals surface area contributed by atoms with Gasteiger partial charge in [-0.25, -0.2) is 13.8 Å². The van der Waals surface area contributed by atoms with Crippen molar-refractivity contribution in [1.29, 1.82) is 0 Å². The fourth-order valence-electron chi connectivity index (χ4n) is 3.51. The highest BCUT2D eigenvalue weighted by atomic mass is 19.1. The average molecular weight is 367 g/mol. The van der Waals surface area contributed by atoms with Crippen molar-refractivity contribution >= 4 is 5.91 Å². The van der Waals surface area contributed by atoms with Crippen molar-refractivity contribution in [2.24, 2.45) is 0 Å². The third kappa shape index (κ3) is 3.60. The number of imidazole rings is 1. The van der Waals surface area contributed by atoms with Crippen molar-refractivity contribution < 1.29 is 13.6 Å². The van der Waals surface area contributed by atoms with Gasteiger partial charge in [0.2, 0.25) is 0 Å². The fraction of sp³-hybridized carbons (Fsp3) is 0.238. The van der Waals surface area contributed by atoms with Gasteiger partial charge < -0.3 is 9.88 Å². The predicted octanol–water partition coefficient (Wildman–Crippen LogP) is 4.37. The van der Waals surface area contributed by atoms with Crippen molar-refractivity contribution in [3.63, 3.8) is 0 Å². The van der Waals surface area contributed by atoms with Gasteiger partial charge in [-0.3, -0.25) is 4.79 Å². The topological polar surface area (TPSA) is 49.0 Å². The molecule has 138 valence electrons. The van der Waals surface area contributed by atoms with Crippen LogP contribution in [0.5, 0.6) is 0 Å². The minimum atomic E-state index is -0.499. The number of hydrogen-bond donors (Lipinski definition) is 1. The molecule has 6 heteroatoms. The molecule has 1 aliphatic heterocycles. The maximum atomic E-state index is 13.9. The Morgan fingerprint density at radius 2 is 1.89 bits per heavy atom. The van der Waals surface area contributed by atoms with Crippen LogP contribution >= 0.6 is 0 Å². The van der Waals surface area contributed by atoms with Crippen molar-refractivity contribution in [3.8, 4) is 11.3 Å². The Morgan fingerprint density at radius 1 is 1.11 bits per heavy atom. The van der Waals surface area contributed by atoms with Gasteiger partial charge in [0.05, 0.1) is 17.5 Å². The van der Waals surface area contributed by atoms with E-state index in [0.717, 1.165) is 29.9 Å². The standard InChI is InChI=1S/C21H19F2N3O/c22-16-9-7-14(8-10-16)19-12-24-20(25-19)15-4-3-11-26(13-15)21(27)17-5-1-2-6-18(17)23/h1-2,5-10,12,15H,3-4,11,13H2,(H,24,25). The number of nitrogens with zero attached hydrogens (tertiary/aromatic N) is 2. The first kappa shape index (κ1) is 17.4. The Balaban J connectivity index is 1.51. The molecule has 2 aromatic carbocycles. The number of carbonyl (C=O) groups excluding carboxylic acids is 1. The number of hydrogen-bond acceptors (Lipinski definition) is 2. The number of nitrogens with one attached hydrogen (secondary N) is 1. The third-order valence-electron chi connectivity index (χ3n) is 4.95. The van der Waals surface area contributed by atoms with E-state index in [1.165, 1.54) is 24.3 Å². The Kier molecular flexibility index (Phi) is 4.71. The molecular weight excluding hydrogens is 348 g/mol. The second-order valence-corrected chi connectivity index (χ2v) is 6.76. The second kappa shape index (κ2) is 7.31. The van der Waals surface area contributed by atoms with Gasteiger partial charge in [-0.1, -0.05) is 12.1 Å². The lowest BCUT2D eigenvalue weighted by Crippen LogP contribution is -2.39. The molecule has 4 rings (SSSR count). The largest absolute Gasteiger partial charge is 0.342 e. The van der Waals surface area contributed by atoms with E-state index in [1.807, 2.05) is 0 Å². The van der Waals surface area contributed by atoms with E-state index in [9.17, 15) is 13.6 Å². The Hall–Kier alpha value is -3.02. The number of H-pyrrole nitrogens is 1. The molecule has 0 spiro atoms. The zero-order chi connectivity index (χ0) is 18.8. The summed E-state index contributed by atoms with van der Waals surface area (Å²) < 4.78 is 27.0. The lowest BCUT2D eigenvalue weighted by molar-refractivity contribution is 0.0700. The molecule has 0 bridgehead atoms. The van der Waals surface area contributed by atoms with E-state index < -0.39 is 5.82 Å². The van der Waals surface area contributed by atoms with Crippen LogP contribution in [0.2, 0.25) is 0 Å². The van der Waals surface area contributed by atoms with Crippen LogP contribution in [-0.2, 0) is 0 Å². The summed E-state index contributed by atoms with van der Waals surface area (Å²) in [4.78, 5) is 22.1. The first-order valence-electron chi connectivity index (χ1n) is 8.96. The predicted molar refractivity (Wildman–Crippen MR) is 98.3 cm³/mol. The summed E-state index contributed by atoms with van der Waals surface area (Å²) >= 11 is 0. The van der Waals surface area contributed by atoms with Gasteiger partial charge in [0.25, 0.3) is 5.91 Å². The maximum Gasteiger partial charge on any atom is 0.256 e. The molecule has 1 aromatic heterocycles. The van der Waals surface area contributed by atoms with Crippen molar-refractivity contribution in [2.45, 2.75) is 18.8 Å². The molecule has 27 heavy (non-hydrogen) atoms. The normalized spacial score (nSPS) is 17.1. The van der Waals surface area contributed by atoms with E-state index >= 15 is 0 Å². The van der Waals surface area contributed by atoms with Crippen LogP contribution in [0.1, 0.15) is 34.9 Å². The number of carbonyl (C=O) groups is 1. The molecule has 0 radical (unpaired) electrons. The fourth-order valence-corrected chi connectivity index (χ4v) is 3.51. The van der Waals surface area contributed by atoms with E-state index in [1.54, 1.807) is 35.4 Å². The zero-order valence-corrected chi connectivity index (χ0v) is 14.7. The van der Waals surface area contributed by atoms with Gasteiger partial charge in [-0.15, -0.1) is 0 Å². The molecule has 1 N–H and O–H groups in total. The van der Waals surface area contributed by atoms with Crippen LogP contribution < -0.4 is 0 Å². The molecule has 0 aliphatic carbocycles. The molecule has 1 fully saturated rings. The van der Waals surface area contributed by atoms with Gasteiger partial charge in [-0.2, -0.15) is 0 Å². The molecule has 2 heterocycles. The van der Waals surface area contributed by atoms with Gasteiger partial charge in [-0.05, 0) is 54.8 Å². The van der Waals surface area contributed by atoms with Crippen LogP contribution in [-0.4, -0.2) is 33.9 Å². The van der Waals surface area contributed by atoms with Crippen LogP contribution in [0, 0.1) is 11.6 Å². The van der Waals surface area contributed by atoms with E-state index in [-0.39, 0.29) is 23.2 Å². The van der Waals surface area contributed by atoms with Crippen molar-refractivity contribution in [3.05, 3.63) is 77.8 Å². The summed E-state index contributed by atoms with van der Waals surface area (Å²) in [6.45, 7) is 1.10. The number of rotatable bonds is 3. The molecule has 1 saturated heterocycles. The summed E-state index contributed by atoms with van der Waals surface area (Å²) in [5, 5.41) is 0. The van der Waals surface area contributed by atoms with E-state index in [4.69, 9.17) is 0 Å². The third-order valence-corrected chi connectivity index (χ3v) is 4.95. The molecule has 1 aliphatic rings. The van der Waals surface area contributed by atoms with Crippen LogP contribution in [0.3, 0.4) is 0 Å². The van der Waals surface area contributed by atoms with Crippen molar-refractivity contribution in [1.82, 2.24) is 14.9 Å². The summed E-state index contributed by atoms with van der Waals surface area (Å²) in [6, 6.07) is 12.3. The lowest BCUT2D eigenvalue weighted by Gasteiger charge is -2.32. The number of likely N-dealkylation sites (tertiary alicyclic amines) is 1. The van der Waals surface area contributed by atoms with Gasteiger partial charge in [0, 0.05) is 19.0 Å². The van der Waals surface area contributed by atoms with Crippen molar-refractivity contribution in [2.75, 3.05) is 13.1 Å². The Labute approximate surface area is 155 Å². The highest BCUT2D eigenvalue weighted by Gasteiger charge is 2.28. The average Bonchev–Trinajstić information content (AvgIpc) is 3.19. The van der Waals surface area contributed by atoms with Gasteiger partial charge >= 0.3 is 0 Å². The number of aromatic amines is 1. The minimum Gasteiger partial charge on any atom is -0.342 e. The highest BCUT2D eigenvalue weighted by molar-refractivity contribution is 5.94. The SMILES string of the molecule is O=C(c1ccccc1F)N1CCCC(c2ncc(-c3ccc(F)cc3)[nH]2)C1. The highest BCUT2D eigenvalue weighted by Crippen LogP contribution is 2.28. The van der Waals surface area contributed by atoms with Crippen LogP contribution in [0.15, 0.2) is 54.7 Å². The van der Waals surface area contributed by atoms with Crippen LogP contribution in [0.4, 0.5) is 8.78 Å². The summed E-state index contributed by atoms with van der Waals surface area (Å²) in [5.74, 6) is -0.221. The molecule has 1 unspecified atom stereocenters. The van der Waals surface area contributed by atoms with Gasteiger partial charge in [0.15, 0.2) is 0 Å². The number of benzene rings is 2. The number of halogens is 2. The van der Waals surface area contributed by atoms with E-state index in [0.29, 0.717) is 13.1 Å². The minimum absolute atomic E-state index is 0.0590. The molecule has 1 atom stereocenters. The Morgan fingerprint density at radius 3 is 2.67 bits per heavy atom. The molecule has 0 saturated carbocycles. The summed E-state index contributed by atoms with van der Waals surface area (Å²) in [7, 11) is 0. The van der Waals surface area contributed by atoms with Crippen LogP contribution in [0.25, 0.3) is 11.3 Å². The molecular formula is C21H19F2N3O. The first-order valence-corrected chi connectivity index (χ1v) is 8.96.